The molecule has 0 fully saturated rings. The molecule has 0 aliphatic heterocycles. The summed E-state index contributed by atoms with van der Waals surface area (Å²) in [5.74, 6) is 0. The lowest BCUT2D eigenvalue weighted by Gasteiger charge is -2.18. The van der Waals surface area contributed by atoms with Gasteiger partial charge in [0.15, 0.2) is 0 Å². The molecule has 150 valence electrons. The monoisotopic (exact) mass is 408 g/mol. The molecule has 0 saturated heterocycles. The van der Waals surface area contributed by atoms with Crippen molar-refractivity contribution in [2.75, 3.05) is 0 Å². The van der Waals surface area contributed by atoms with E-state index in [2.05, 4.69) is 94.9 Å². The molecule has 0 aliphatic carbocycles. The van der Waals surface area contributed by atoms with Gasteiger partial charge in [0.05, 0.1) is 0 Å². The summed E-state index contributed by atoms with van der Waals surface area (Å²) in [5.41, 5.74) is 7.10. The first-order valence-corrected chi connectivity index (χ1v) is 10.7. The number of aromatic nitrogens is 2. The summed E-state index contributed by atoms with van der Waals surface area (Å²) in [6.07, 6.45) is 7.56. The van der Waals surface area contributed by atoms with Crippen molar-refractivity contribution in [1.29, 1.82) is 0 Å². The predicted molar refractivity (Wildman–Crippen MR) is 133 cm³/mol. The zero-order valence-corrected chi connectivity index (χ0v) is 17.4. The number of pyridine rings is 2. The van der Waals surface area contributed by atoms with Crippen LogP contribution < -0.4 is 0 Å². The molecule has 0 spiro atoms. The van der Waals surface area contributed by atoms with E-state index in [1.165, 1.54) is 43.8 Å². The van der Waals surface area contributed by atoms with Crippen molar-refractivity contribution < 1.29 is 0 Å². The Morgan fingerprint density at radius 2 is 0.906 bits per heavy atom. The Labute approximate surface area is 186 Å². The molecule has 6 aromatic rings. The average molecular weight is 409 g/mol. The second-order valence-corrected chi connectivity index (χ2v) is 7.91. The summed E-state index contributed by atoms with van der Waals surface area (Å²) in [4.78, 5) is 8.84. The van der Waals surface area contributed by atoms with E-state index in [1.807, 2.05) is 36.9 Å². The third kappa shape index (κ3) is 3.05. The van der Waals surface area contributed by atoms with Crippen LogP contribution in [0, 0.1) is 0 Å². The minimum Gasteiger partial charge on any atom is -0.264 e. The summed E-state index contributed by atoms with van der Waals surface area (Å²) >= 11 is 0. The highest BCUT2D eigenvalue weighted by Gasteiger charge is 2.17. The van der Waals surface area contributed by atoms with Crippen molar-refractivity contribution in [3.63, 3.8) is 0 Å². The Balaban J connectivity index is 1.80. The SMILES string of the molecule is c1ccc(-c2ccc3c(-c4cccnc4)c4ccccc4c(-c4cccnc4)c3c2)cc1. The first kappa shape index (κ1) is 18.5. The molecule has 2 aromatic heterocycles. The predicted octanol–water partition coefficient (Wildman–Crippen LogP) is 7.78. The molecule has 0 radical (unpaired) electrons. The van der Waals surface area contributed by atoms with Crippen LogP contribution in [-0.4, -0.2) is 9.97 Å². The average Bonchev–Trinajstić information content (AvgIpc) is 2.88. The van der Waals surface area contributed by atoms with Crippen LogP contribution in [-0.2, 0) is 0 Å². The van der Waals surface area contributed by atoms with Crippen LogP contribution in [0.15, 0.2) is 122 Å². The maximum Gasteiger partial charge on any atom is 0.0346 e. The molecular formula is C30H20N2. The zero-order chi connectivity index (χ0) is 21.3. The summed E-state index contributed by atoms with van der Waals surface area (Å²) in [7, 11) is 0. The fraction of sp³-hybridized carbons (Fsp3) is 0. The van der Waals surface area contributed by atoms with Gasteiger partial charge in [0.1, 0.15) is 0 Å². The highest BCUT2D eigenvalue weighted by atomic mass is 14.6. The number of fused-ring (bicyclic) bond motifs is 2. The fourth-order valence-corrected chi connectivity index (χ4v) is 4.63. The van der Waals surface area contributed by atoms with Crippen molar-refractivity contribution in [2.24, 2.45) is 0 Å². The largest absolute Gasteiger partial charge is 0.264 e. The van der Waals surface area contributed by atoms with Crippen LogP contribution in [0.2, 0.25) is 0 Å². The quantitative estimate of drug-likeness (QED) is 0.279. The number of nitrogens with zero attached hydrogens (tertiary/aromatic N) is 2. The molecule has 32 heavy (non-hydrogen) atoms. The Hall–Kier alpha value is -4.30. The summed E-state index contributed by atoms with van der Waals surface area (Å²) in [6.45, 7) is 0. The third-order valence-electron chi connectivity index (χ3n) is 6.03. The van der Waals surface area contributed by atoms with Gasteiger partial charge in [-0.15, -0.1) is 0 Å². The maximum absolute atomic E-state index is 4.43. The molecule has 0 unspecified atom stereocenters. The van der Waals surface area contributed by atoms with Crippen LogP contribution in [0.1, 0.15) is 0 Å². The normalized spacial score (nSPS) is 11.1. The molecule has 0 N–H and O–H groups in total. The Bertz CT molecular complexity index is 1540. The first-order chi connectivity index (χ1) is 15.9. The molecule has 2 heterocycles. The van der Waals surface area contributed by atoms with Crippen molar-refractivity contribution in [3.05, 3.63) is 122 Å². The van der Waals surface area contributed by atoms with Crippen LogP contribution in [0.25, 0.3) is 54.9 Å². The Morgan fingerprint density at radius 3 is 1.50 bits per heavy atom. The number of hydrogen-bond acceptors (Lipinski definition) is 2. The summed E-state index contributed by atoms with van der Waals surface area (Å²) in [5, 5.41) is 4.88. The van der Waals surface area contributed by atoms with Crippen molar-refractivity contribution >= 4 is 21.5 Å². The standard InChI is InChI=1S/C30H20N2/c1-2-8-21(9-3-1)22-14-15-27-28(18-22)30(24-11-7-17-32-20-24)26-13-5-4-12-25(26)29(27)23-10-6-16-31-19-23/h1-20H. The highest BCUT2D eigenvalue weighted by Crippen LogP contribution is 2.44. The van der Waals surface area contributed by atoms with Gasteiger partial charge < -0.3 is 0 Å². The zero-order valence-electron chi connectivity index (χ0n) is 17.4. The fourth-order valence-electron chi connectivity index (χ4n) is 4.63. The smallest absolute Gasteiger partial charge is 0.0346 e. The molecule has 6 rings (SSSR count). The molecule has 0 aliphatic rings. The highest BCUT2D eigenvalue weighted by molar-refractivity contribution is 6.21. The van der Waals surface area contributed by atoms with Crippen molar-refractivity contribution in [3.8, 4) is 33.4 Å². The van der Waals surface area contributed by atoms with Gasteiger partial charge in [-0.25, -0.2) is 0 Å². The van der Waals surface area contributed by atoms with Gasteiger partial charge in [0.2, 0.25) is 0 Å². The molecule has 4 aromatic carbocycles. The summed E-state index contributed by atoms with van der Waals surface area (Å²) < 4.78 is 0. The second-order valence-electron chi connectivity index (χ2n) is 7.91. The summed E-state index contributed by atoms with van der Waals surface area (Å²) in [6, 6.07) is 34.3. The molecular weight excluding hydrogens is 388 g/mol. The van der Waals surface area contributed by atoms with Gasteiger partial charge in [-0.05, 0) is 62.0 Å². The van der Waals surface area contributed by atoms with E-state index in [0.717, 1.165) is 11.1 Å². The molecule has 0 amide bonds. The van der Waals surface area contributed by atoms with E-state index in [0.29, 0.717) is 0 Å². The van der Waals surface area contributed by atoms with E-state index >= 15 is 0 Å². The minimum atomic E-state index is 1.12. The molecule has 0 atom stereocenters. The topological polar surface area (TPSA) is 25.8 Å². The van der Waals surface area contributed by atoms with Crippen molar-refractivity contribution in [2.45, 2.75) is 0 Å². The molecule has 2 heteroatoms. The van der Waals surface area contributed by atoms with Crippen LogP contribution in [0.5, 0.6) is 0 Å². The Kier molecular flexibility index (Phi) is 4.47. The second kappa shape index (κ2) is 7.75. The maximum atomic E-state index is 4.43. The van der Waals surface area contributed by atoms with Gasteiger partial charge in [0.25, 0.3) is 0 Å². The lowest BCUT2D eigenvalue weighted by Crippen LogP contribution is -1.92. The lowest BCUT2D eigenvalue weighted by atomic mass is 9.85. The van der Waals surface area contributed by atoms with Gasteiger partial charge in [0, 0.05) is 35.9 Å². The van der Waals surface area contributed by atoms with E-state index in [4.69, 9.17) is 0 Å². The van der Waals surface area contributed by atoms with Crippen LogP contribution in [0.4, 0.5) is 0 Å². The molecule has 2 nitrogen and oxygen atoms in total. The minimum absolute atomic E-state index is 1.12. The van der Waals surface area contributed by atoms with Crippen LogP contribution in [0.3, 0.4) is 0 Å². The van der Waals surface area contributed by atoms with E-state index < -0.39 is 0 Å². The first-order valence-electron chi connectivity index (χ1n) is 10.7. The third-order valence-corrected chi connectivity index (χ3v) is 6.03. The van der Waals surface area contributed by atoms with Gasteiger partial charge in [-0.2, -0.15) is 0 Å². The number of rotatable bonds is 3. The number of benzene rings is 4. The molecule has 0 bridgehead atoms. The molecule has 0 saturated carbocycles. The van der Waals surface area contributed by atoms with E-state index in [-0.39, 0.29) is 0 Å². The van der Waals surface area contributed by atoms with Gasteiger partial charge >= 0.3 is 0 Å². The van der Waals surface area contributed by atoms with E-state index in [9.17, 15) is 0 Å². The Morgan fingerprint density at radius 1 is 0.375 bits per heavy atom. The lowest BCUT2D eigenvalue weighted by molar-refractivity contribution is 1.33. The van der Waals surface area contributed by atoms with Crippen molar-refractivity contribution in [1.82, 2.24) is 9.97 Å². The number of hydrogen-bond donors (Lipinski definition) is 0. The van der Waals surface area contributed by atoms with E-state index in [1.54, 1.807) is 0 Å². The van der Waals surface area contributed by atoms with Gasteiger partial charge in [-0.3, -0.25) is 9.97 Å². The van der Waals surface area contributed by atoms with Gasteiger partial charge in [-0.1, -0.05) is 78.9 Å². The van der Waals surface area contributed by atoms with Crippen LogP contribution >= 0.6 is 0 Å².